The van der Waals surface area contributed by atoms with Gasteiger partial charge in [-0.2, -0.15) is 0 Å². The van der Waals surface area contributed by atoms with Crippen LogP contribution in [0, 0.1) is 6.92 Å². The normalized spacial score (nSPS) is 11.2. The average molecular weight is 357 g/mol. The van der Waals surface area contributed by atoms with Crippen LogP contribution in [-0.4, -0.2) is 15.5 Å². The number of amides is 1. The molecule has 0 unspecified atom stereocenters. The van der Waals surface area contributed by atoms with Crippen LogP contribution in [0.2, 0.25) is 0 Å². The van der Waals surface area contributed by atoms with E-state index in [0.29, 0.717) is 5.69 Å². The summed E-state index contributed by atoms with van der Waals surface area (Å²) in [6, 6.07) is 16.2. The minimum atomic E-state index is -0.0956. The topological polar surface area (TPSA) is 46.9 Å². The highest BCUT2D eigenvalue weighted by Gasteiger charge is 2.20. The summed E-state index contributed by atoms with van der Waals surface area (Å²) in [7, 11) is 0. The van der Waals surface area contributed by atoms with E-state index < -0.39 is 0 Å². The Labute approximate surface area is 158 Å². The van der Waals surface area contributed by atoms with Gasteiger partial charge in [0.15, 0.2) is 0 Å². The molecule has 27 heavy (non-hydrogen) atoms. The third-order valence-corrected chi connectivity index (χ3v) is 5.20. The molecule has 4 rings (SSSR count). The molecule has 0 aliphatic rings. The van der Waals surface area contributed by atoms with Crippen LogP contribution in [-0.2, 0) is 13.0 Å². The van der Waals surface area contributed by atoms with Gasteiger partial charge in [-0.15, -0.1) is 0 Å². The number of rotatable bonds is 4. The predicted octanol–water partition coefficient (Wildman–Crippen LogP) is 5.33. The van der Waals surface area contributed by atoms with Crippen LogP contribution in [0.4, 0.5) is 5.69 Å². The quantitative estimate of drug-likeness (QED) is 0.536. The highest BCUT2D eigenvalue weighted by molar-refractivity contribution is 6.11. The monoisotopic (exact) mass is 357 g/mol. The fourth-order valence-electron chi connectivity index (χ4n) is 3.80. The van der Waals surface area contributed by atoms with Crippen molar-refractivity contribution in [3.8, 4) is 0 Å². The van der Waals surface area contributed by atoms with Crippen molar-refractivity contribution in [3.05, 3.63) is 71.5 Å². The van der Waals surface area contributed by atoms with Crippen LogP contribution in [0.25, 0.3) is 21.8 Å². The molecule has 0 aliphatic heterocycles. The molecule has 2 aromatic carbocycles. The van der Waals surface area contributed by atoms with Crippen LogP contribution < -0.4 is 5.32 Å². The lowest BCUT2D eigenvalue weighted by Crippen LogP contribution is -2.18. The second-order valence-corrected chi connectivity index (χ2v) is 6.76. The van der Waals surface area contributed by atoms with Crippen molar-refractivity contribution in [2.75, 3.05) is 5.32 Å². The molecular weight excluding hydrogens is 334 g/mol. The maximum absolute atomic E-state index is 13.2. The van der Waals surface area contributed by atoms with Gasteiger partial charge in [-0.25, -0.2) is 0 Å². The Hall–Kier alpha value is -3.14. The molecule has 1 amide bonds. The Morgan fingerprint density at radius 1 is 1.11 bits per heavy atom. The number of aromatic nitrogens is 2. The number of nitrogens with zero attached hydrogens (tertiary/aromatic N) is 2. The number of aryl methyl sites for hydroxylation is 3. The molecular formula is C23H23N3O. The van der Waals surface area contributed by atoms with E-state index >= 15 is 0 Å². The molecule has 4 nitrogen and oxygen atoms in total. The van der Waals surface area contributed by atoms with Crippen molar-refractivity contribution in [1.82, 2.24) is 9.55 Å². The number of pyridine rings is 1. The largest absolute Gasteiger partial charge is 0.337 e. The van der Waals surface area contributed by atoms with E-state index in [1.807, 2.05) is 37.3 Å². The minimum Gasteiger partial charge on any atom is -0.337 e. The Balaban J connectivity index is 1.81. The number of hydrogen-bond donors (Lipinski definition) is 1. The molecule has 0 atom stereocenters. The fraction of sp³-hybridized carbons (Fsp3) is 0.217. The molecule has 1 N–H and O–H groups in total. The molecule has 0 spiro atoms. The van der Waals surface area contributed by atoms with Crippen LogP contribution in [0.3, 0.4) is 0 Å². The SMILES string of the molecule is CCc1ccc2c(c1)c(C)c(C(=O)Nc1cccc3cccnc13)n2CC. The zero-order chi connectivity index (χ0) is 19.0. The predicted molar refractivity (Wildman–Crippen MR) is 111 cm³/mol. The lowest BCUT2D eigenvalue weighted by molar-refractivity contribution is 0.101. The molecule has 4 aromatic rings. The summed E-state index contributed by atoms with van der Waals surface area (Å²) in [4.78, 5) is 17.7. The average Bonchev–Trinajstić information content (AvgIpc) is 2.99. The van der Waals surface area contributed by atoms with Crippen molar-refractivity contribution in [2.24, 2.45) is 0 Å². The summed E-state index contributed by atoms with van der Waals surface area (Å²) in [6.45, 7) is 6.99. The summed E-state index contributed by atoms with van der Waals surface area (Å²) < 4.78 is 2.10. The molecule has 0 saturated heterocycles. The lowest BCUT2D eigenvalue weighted by Gasteiger charge is -2.11. The first-order chi connectivity index (χ1) is 13.1. The minimum absolute atomic E-state index is 0.0956. The van der Waals surface area contributed by atoms with Gasteiger partial charge in [-0.1, -0.05) is 31.2 Å². The smallest absolute Gasteiger partial charge is 0.272 e. The van der Waals surface area contributed by atoms with E-state index in [0.717, 1.165) is 46.0 Å². The Kier molecular flexibility index (Phi) is 4.40. The number of benzene rings is 2. The van der Waals surface area contributed by atoms with Crippen molar-refractivity contribution >= 4 is 33.4 Å². The first kappa shape index (κ1) is 17.3. The Morgan fingerprint density at radius 3 is 2.70 bits per heavy atom. The van der Waals surface area contributed by atoms with E-state index in [1.165, 1.54) is 5.56 Å². The Bertz CT molecular complexity index is 1150. The number of carbonyl (C=O) groups is 1. The zero-order valence-corrected chi connectivity index (χ0v) is 15.9. The molecule has 2 aromatic heterocycles. The molecule has 0 bridgehead atoms. The van der Waals surface area contributed by atoms with Gasteiger partial charge in [0.05, 0.1) is 11.2 Å². The van der Waals surface area contributed by atoms with E-state index in [-0.39, 0.29) is 5.91 Å². The van der Waals surface area contributed by atoms with Gasteiger partial charge in [0.1, 0.15) is 5.69 Å². The van der Waals surface area contributed by atoms with Crippen molar-refractivity contribution < 1.29 is 4.79 Å². The molecule has 0 fully saturated rings. The van der Waals surface area contributed by atoms with E-state index in [9.17, 15) is 4.79 Å². The molecule has 4 heteroatoms. The summed E-state index contributed by atoms with van der Waals surface area (Å²) in [5.74, 6) is -0.0956. The molecule has 2 heterocycles. The van der Waals surface area contributed by atoms with E-state index in [1.54, 1.807) is 6.20 Å². The molecule has 0 aliphatic carbocycles. The summed E-state index contributed by atoms with van der Waals surface area (Å²) >= 11 is 0. The lowest BCUT2D eigenvalue weighted by atomic mass is 10.1. The number of para-hydroxylation sites is 1. The van der Waals surface area contributed by atoms with Crippen LogP contribution in [0.5, 0.6) is 0 Å². The van der Waals surface area contributed by atoms with Crippen LogP contribution in [0.15, 0.2) is 54.7 Å². The molecule has 0 saturated carbocycles. The number of carbonyl (C=O) groups excluding carboxylic acids is 1. The maximum Gasteiger partial charge on any atom is 0.272 e. The van der Waals surface area contributed by atoms with Gasteiger partial charge < -0.3 is 9.88 Å². The summed E-state index contributed by atoms with van der Waals surface area (Å²) in [6.07, 6.45) is 2.73. The van der Waals surface area contributed by atoms with Crippen LogP contribution >= 0.6 is 0 Å². The highest BCUT2D eigenvalue weighted by atomic mass is 16.2. The van der Waals surface area contributed by atoms with Gasteiger partial charge >= 0.3 is 0 Å². The van der Waals surface area contributed by atoms with Crippen LogP contribution in [0.1, 0.15) is 35.5 Å². The summed E-state index contributed by atoms with van der Waals surface area (Å²) in [5.41, 5.74) is 5.66. The second-order valence-electron chi connectivity index (χ2n) is 6.76. The van der Waals surface area contributed by atoms with E-state index in [4.69, 9.17) is 0 Å². The Morgan fingerprint density at radius 2 is 1.93 bits per heavy atom. The fourth-order valence-corrected chi connectivity index (χ4v) is 3.80. The third-order valence-electron chi connectivity index (χ3n) is 5.20. The van der Waals surface area contributed by atoms with Gasteiger partial charge in [-0.3, -0.25) is 9.78 Å². The van der Waals surface area contributed by atoms with Crippen molar-refractivity contribution in [1.29, 1.82) is 0 Å². The maximum atomic E-state index is 13.2. The summed E-state index contributed by atoms with van der Waals surface area (Å²) in [5, 5.41) is 5.24. The number of hydrogen-bond acceptors (Lipinski definition) is 2. The number of fused-ring (bicyclic) bond motifs is 2. The van der Waals surface area contributed by atoms with Crippen molar-refractivity contribution in [2.45, 2.75) is 33.7 Å². The second kappa shape index (κ2) is 6.88. The third kappa shape index (κ3) is 2.87. The molecule has 136 valence electrons. The first-order valence-corrected chi connectivity index (χ1v) is 9.40. The van der Waals surface area contributed by atoms with Gasteiger partial charge in [0.2, 0.25) is 0 Å². The van der Waals surface area contributed by atoms with Crippen molar-refractivity contribution in [3.63, 3.8) is 0 Å². The zero-order valence-electron chi connectivity index (χ0n) is 15.9. The van der Waals surface area contributed by atoms with Gasteiger partial charge in [0, 0.05) is 29.0 Å². The number of anilines is 1. The van der Waals surface area contributed by atoms with E-state index in [2.05, 4.69) is 46.9 Å². The highest BCUT2D eigenvalue weighted by Crippen LogP contribution is 2.29. The van der Waals surface area contributed by atoms with Gasteiger partial charge in [0.25, 0.3) is 5.91 Å². The standard InChI is InChI=1S/C23H23N3O/c1-4-16-11-12-20-18(14-16)15(3)22(26(20)5-2)23(27)25-19-10-6-8-17-9-7-13-24-21(17)19/h6-14H,4-5H2,1-3H3,(H,25,27). The number of nitrogens with one attached hydrogen (secondary N) is 1. The van der Waals surface area contributed by atoms with Gasteiger partial charge in [-0.05, 0) is 55.7 Å². The first-order valence-electron chi connectivity index (χ1n) is 9.40. The molecule has 0 radical (unpaired) electrons.